The van der Waals surface area contributed by atoms with Crippen molar-refractivity contribution in [2.24, 2.45) is 0 Å². The molecule has 0 fully saturated rings. The third-order valence-corrected chi connectivity index (χ3v) is 4.43. The second-order valence-corrected chi connectivity index (χ2v) is 6.67. The van der Waals surface area contributed by atoms with Crippen molar-refractivity contribution in [1.29, 1.82) is 0 Å². The highest BCUT2D eigenvalue weighted by molar-refractivity contribution is 5.43. The van der Waals surface area contributed by atoms with E-state index in [-0.39, 0.29) is 0 Å². The van der Waals surface area contributed by atoms with Crippen molar-refractivity contribution < 1.29 is 14.8 Å². The van der Waals surface area contributed by atoms with Crippen LogP contribution in [0.25, 0.3) is 0 Å². The monoisotopic (exact) mass is 362 g/mol. The highest BCUT2D eigenvalue weighted by Gasteiger charge is 2.08. The van der Waals surface area contributed by atoms with Gasteiger partial charge in [0.05, 0.1) is 6.61 Å². The van der Waals surface area contributed by atoms with Gasteiger partial charge in [-0.05, 0) is 37.6 Å². The van der Waals surface area contributed by atoms with Gasteiger partial charge in [-0.2, -0.15) is 0 Å². The summed E-state index contributed by atoms with van der Waals surface area (Å²) in [5.41, 5.74) is 5.02. The second-order valence-electron chi connectivity index (χ2n) is 6.67. The van der Waals surface area contributed by atoms with E-state index in [2.05, 4.69) is 60.8 Å². The second kappa shape index (κ2) is 9.79. The van der Waals surface area contributed by atoms with E-state index in [0.29, 0.717) is 13.2 Å². The van der Waals surface area contributed by atoms with Gasteiger partial charge in [0.15, 0.2) is 11.5 Å². The molecule has 3 rings (SSSR count). The lowest BCUT2D eigenvalue weighted by atomic mass is 10.1. The Kier molecular flexibility index (Phi) is 6.89. The van der Waals surface area contributed by atoms with Crippen LogP contribution in [0.15, 0.2) is 72.8 Å². The molecular weight excluding hydrogens is 334 g/mol. The molecule has 0 unspecified atom stereocenters. The SMILES string of the molecule is CCOc1cc(C[NH2+]Cc2ccc(C)cc2)ccc1OCc1ccccc1. The number of hydrogen-bond donors (Lipinski definition) is 1. The molecule has 0 aliphatic heterocycles. The Morgan fingerprint density at radius 3 is 2.15 bits per heavy atom. The molecule has 0 aromatic heterocycles. The summed E-state index contributed by atoms with van der Waals surface area (Å²) < 4.78 is 11.8. The van der Waals surface area contributed by atoms with Crippen LogP contribution in [-0.2, 0) is 19.7 Å². The number of rotatable bonds is 9. The van der Waals surface area contributed by atoms with Gasteiger partial charge in [-0.25, -0.2) is 0 Å². The maximum absolute atomic E-state index is 5.98. The Morgan fingerprint density at radius 2 is 1.41 bits per heavy atom. The van der Waals surface area contributed by atoms with Crippen molar-refractivity contribution in [3.8, 4) is 11.5 Å². The van der Waals surface area contributed by atoms with Crippen LogP contribution in [0.3, 0.4) is 0 Å². The molecule has 3 nitrogen and oxygen atoms in total. The zero-order chi connectivity index (χ0) is 18.9. The van der Waals surface area contributed by atoms with Crippen molar-refractivity contribution in [3.05, 3.63) is 95.1 Å². The average Bonchev–Trinajstić information content (AvgIpc) is 2.70. The first-order valence-electron chi connectivity index (χ1n) is 9.54. The van der Waals surface area contributed by atoms with E-state index < -0.39 is 0 Å². The van der Waals surface area contributed by atoms with Crippen LogP contribution in [-0.4, -0.2) is 6.61 Å². The van der Waals surface area contributed by atoms with Gasteiger partial charge in [-0.1, -0.05) is 60.2 Å². The molecule has 27 heavy (non-hydrogen) atoms. The van der Waals surface area contributed by atoms with E-state index in [1.807, 2.05) is 31.2 Å². The van der Waals surface area contributed by atoms with E-state index >= 15 is 0 Å². The average molecular weight is 362 g/mol. The van der Waals surface area contributed by atoms with Crippen LogP contribution >= 0.6 is 0 Å². The van der Waals surface area contributed by atoms with Crippen LogP contribution < -0.4 is 14.8 Å². The van der Waals surface area contributed by atoms with Gasteiger partial charge in [-0.15, -0.1) is 0 Å². The van der Waals surface area contributed by atoms with Crippen LogP contribution in [0.4, 0.5) is 0 Å². The van der Waals surface area contributed by atoms with E-state index in [1.54, 1.807) is 0 Å². The summed E-state index contributed by atoms with van der Waals surface area (Å²) in [6, 6.07) is 25.1. The third-order valence-electron chi connectivity index (χ3n) is 4.43. The van der Waals surface area contributed by atoms with Crippen LogP contribution in [0, 0.1) is 6.92 Å². The van der Waals surface area contributed by atoms with Gasteiger partial charge >= 0.3 is 0 Å². The number of ether oxygens (including phenoxy) is 2. The normalized spacial score (nSPS) is 10.6. The van der Waals surface area contributed by atoms with Gasteiger partial charge in [0.1, 0.15) is 19.7 Å². The Balaban J connectivity index is 1.59. The van der Waals surface area contributed by atoms with E-state index in [4.69, 9.17) is 9.47 Å². The van der Waals surface area contributed by atoms with Crippen molar-refractivity contribution in [2.45, 2.75) is 33.5 Å². The molecule has 0 bridgehead atoms. The Bertz CT molecular complexity index is 829. The van der Waals surface area contributed by atoms with Crippen molar-refractivity contribution in [3.63, 3.8) is 0 Å². The highest BCUT2D eigenvalue weighted by Crippen LogP contribution is 2.29. The van der Waals surface area contributed by atoms with E-state index in [0.717, 1.165) is 30.2 Å². The lowest BCUT2D eigenvalue weighted by Gasteiger charge is -2.13. The molecule has 0 saturated heterocycles. The predicted molar refractivity (Wildman–Crippen MR) is 109 cm³/mol. The fourth-order valence-corrected chi connectivity index (χ4v) is 2.93. The highest BCUT2D eigenvalue weighted by atomic mass is 16.5. The van der Waals surface area contributed by atoms with Gasteiger partial charge in [0.25, 0.3) is 0 Å². The quantitative estimate of drug-likeness (QED) is 0.618. The van der Waals surface area contributed by atoms with Gasteiger partial charge in [0, 0.05) is 11.1 Å². The number of nitrogens with two attached hydrogens (primary N) is 1. The van der Waals surface area contributed by atoms with Crippen molar-refractivity contribution in [1.82, 2.24) is 0 Å². The topological polar surface area (TPSA) is 35.1 Å². The first-order chi connectivity index (χ1) is 13.2. The first-order valence-corrected chi connectivity index (χ1v) is 9.54. The summed E-state index contributed by atoms with van der Waals surface area (Å²) in [5.74, 6) is 1.61. The Labute approximate surface area is 162 Å². The standard InChI is InChI=1S/C24H27NO2/c1-3-26-24-15-22(17-25-16-20-11-9-19(2)10-12-20)13-14-23(24)27-18-21-7-5-4-6-8-21/h4-15,25H,3,16-18H2,1-2H3/p+1. The summed E-state index contributed by atoms with van der Waals surface area (Å²) in [6.07, 6.45) is 0. The van der Waals surface area contributed by atoms with Gasteiger partial charge in [0.2, 0.25) is 0 Å². The molecular formula is C24H28NO2+. The van der Waals surface area contributed by atoms with E-state index in [1.165, 1.54) is 16.7 Å². The minimum atomic E-state index is 0.541. The molecule has 0 saturated carbocycles. The fourth-order valence-electron chi connectivity index (χ4n) is 2.93. The molecule has 140 valence electrons. The lowest BCUT2D eigenvalue weighted by Crippen LogP contribution is -2.80. The molecule has 2 N–H and O–H groups in total. The summed E-state index contributed by atoms with van der Waals surface area (Å²) in [5, 5.41) is 2.31. The molecule has 0 aliphatic rings. The minimum absolute atomic E-state index is 0.541. The smallest absolute Gasteiger partial charge is 0.161 e. The summed E-state index contributed by atoms with van der Waals surface area (Å²) in [4.78, 5) is 0. The molecule has 0 radical (unpaired) electrons. The molecule has 3 aromatic rings. The predicted octanol–water partition coefficient (Wildman–Crippen LogP) is 4.24. The zero-order valence-corrected chi connectivity index (χ0v) is 16.2. The molecule has 0 atom stereocenters. The summed E-state index contributed by atoms with van der Waals surface area (Å²) >= 11 is 0. The molecule has 3 aromatic carbocycles. The number of quaternary nitrogens is 1. The zero-order valence-electron chi connectivity index (χ0n) is 16.2. The lowest BCUT2D eigenvalue weighted by molar-refractivity contribution is -0.686. The van der Waals surface area contributed by atoms with Crippen LogP contribution in [0.5, 0.6) is 11.5 Å². The Morgan fingerprint density at radius 1 is 0.704 bits per heavy atom. The van der Waals surface area contributed by atoms with E-state index in [9.17, 15) is 0 Å². The van der Waals surface area contributed by atoms with Crippen LogP contribution in [0.1, 0.15) is 29.2 Å². The number of hydrogen-bond acceptors (Lipinski definition) is 2. The fraction of sp³-hybridized carbons (Fsp3) is 0.250. The van der Waals surface area contributed by atoms with Crippen molar-refractivity contribution >= 4 is 0 Å². The molecule has 0 spiro atoms. The molecule has 3 heteroatoms. The number of aryl methyl sites for hydroxylation is 1. The van der Waals surface area contributed by atoms with Gasteiger partial charge in [-0.3, -0.25) is 0 Å². The molecule has 0 heterocycles. The van der Waals surface area contributed by atoms with Crippen LogP contribution in [0.2, 0.25) is 0 Å². The maximum Gasteiger partial charge on any atom is 0.161 e. The maximum atomic E-state index is 5.98. The summed E-state index contributed by atoms with van der Waals surface area (Å²) in [6.45, 7) is 7.16. The largest absolute Gasteiger partial charge is 0.490 e. The minimum Gasteiger partial charge on any atom is -0.490 e. The third kappa shape index (κ3) is 5.87. The molecule has 0 aliphatic carbocycles. The van der Waals surface area contributed by atoms with Crippen molar-refractivity contribution in [2.75, 3.05) is 6.61 Å². The summed E-state index contributed by atoms with van der Waals surface area (Å²) in [7, 11) is 0. The van der Waals surface area contributed by atoms with Gasteiger partial charge < -0.3 is 14.8 Å². The first kappa shape index (κ1) is 19.0. The Hall–Kier alpha value is -2.78. The number of benzene rings is 3. The molecule has 0 amide bonds.